The van der Waals surface area contributed by atoms with Crippen molar-refractivity contribution in [2.45, 2.75) is 25.3 Å². The van der Waals surface area contributed by atoms with Crippen LogP contribution in [0.25, 0.3) is 0 Å². The van der Waals surface area contributed by atoms with Crippen LogP contribution in [0.15, 0.2) is 0 Å². The molecule has 1 aliphatic heterocycles. The first-order valence-electron chi connectivity index (χ1n) is 5.73. The van der Waals surface area contributed by atoms with Crippen LogP contribution in [0.1, 0.15) is 19.8 Å². The zero-order valence-corrected chi connectivity index (χ0v) is 10.2. The van der Waals surface area contributed by atoms with Gasteiger partial charge >= 0.3 is 5.97 Å². The number of hydrogen-bond acceptors (Lipinski definition) is 5. The van der Waals surface area contributed by atoms with Gasteiger partial charge in [-0.05, 0) is 26.3 Å². The maximum Gasteiger partial charge on any atom is 0.325 e. The fourth-order valence-electron chi connectivity index (χ4n) is 1.83. The number of rotatable bonds is 5. The molecule has 0 aromatic heterocycles. The summed E-state index contributed by atoms with van der Waals surface area (Å²) in [4.78, 5) is 13.7. The molecule has 1 unspecified atom stereocenters. The van der Waals surface area contributed by atoms with Gasteiger partial charge in [-0.3, -0.25) is 9.69 Å². The molecule has 1 heterocycles. The molecule has 1 rings (SSSR count). The van der Waals surface area contributed by atoms with Crippen LogP contribution >= 0.6 is 0 Å². The summed E-state index contributed by atoms with van der Waals surface area (Å²) in [5, 5.41) is 0. The van der Waals surface area contributed by atoms with E-state index in [4.69, 9.17) is 10.5 Å². The van der Waals surface area contributed by atoms with E-state index in [1.165, 1.54) is 7.11 Å². The van der Waals surface area contributed by atoms with Crippen LogP contribution < -0.4 is 5.73 Å². The van der Waals surface area contributed by atoms with Crippen molar-refractivity contribution in [3.8, 4) is 0 Å². The topological polar surface area (TPSA) is 64.8 Å². The van der Waals surface area contributed by atoms with Crippen LogP contribution in [-0.2, 0) is 14.3 Å². The number of hydrogen-bond donors (Lipinski definition) is 1. The number of nitrogens with zero attached hydrogens (tertiary/aromatic N) is 1. The molecule has 1 aliphatic rings. The second-order valence-corrected chi connectivity index (χ2v) is 4.47. The number of morpholine rings is 1. The highest BCUT2D eigenvalue weighted by molar-refractivity contribution is 5.79. The predicted molar refractivity (Wildman–Crippen MR) is 61.1 cm³/mol. The van der Waals surface area contributed by atoms with Crippen molar-refractivity contribution < 1.29 is 14.3 Å². The summed E-state index contributed by atoms with van der Waals surface area (Å²) in [5.41, 5.74) is 5.01. The maximum atomic E-state index is 11.3. The monoisotopic (exact) mass is 230 g/mol. The fraction of sp³-hybridized carbons (Fsp3) is 0.909. The minimum atomic E-state index is -0.860. The maximum absolute atomic E-state index is 11.3. The lowest BCUT2D eigenvalue weighted by Gasteiger charge is -2.28. The lowest BCUT2D eigenvalue weighted by molar-refractivity contribution is -0.146. The number of ether oxygens (including phenoxy) is 2. The quantitative estimate of drug-likeness (QED) is 0.673. The third-order valence-corrected chi connectivity index (χ3v) is 2.93. The van der Waals surface area contributed by atoms with Gasteiger partial charge in [-0.15, -0.1) is 0 Å². The van der Waals surface area contributed by atoms with Crippen LogP contribution in [0.2, 0.25) is 0 Å². The molecule has 2 N–H and O–H groups in total. The molecule has 1 atom stereocenters. The highest BCUT2D eigenvalue weighted by atomic mass is 16.5. The second kappa shape index (κ2) is 6.18. The average molecular weight is 230 g/mol. The van der Waals surface area contributed by atoms with Crippen molar-refractivity contribution in [3.63, 3.8) is 0 Å². The molecule has 0 spiro atoms. The number of carbonyl (C=O) groups is 1. The highest BCUT2D eigenvalue weighted by Gasteiger charge is 2.28. The van der Waals surface area contributed by atoms with Crippen molar-refractivity contribution in [2.24, 2.45) is 5.73 Å². The van der Waals surface area contributed by atoms with Gasteiger partial charge in [0.2, 0.25) is 0 Å². The SMILES string of the molecule is COC(=O)C(C)(N)CCCN1CCOCC1. The molecule has 0 aromatic rings. The Morgan fingerprint density at radius 2 is 2.12 bits per heavy atom. The Bertz CT molecular complexity index is 225. The smallest absolute Gasteiger partial charge is 0.325 e. The van der Waals surface area contributed by atoms with E-state index in [0.717, 1.165) is 39.3 Å². The van der Waals surface area contributed by atoms with Gasteiger partial charge in [0.05, 0.1) is 20.3 Å². The van der Waals surface area contributed by atoms with Crippen molar-refractivity contribution in [3.05, 3.63) is 0 Å². The van der Waals surface area contributed by atoms with E-state index < -0.39 is 5.54 Å². The first kappa shape index (κ1) is 13.4. The summed E-state index contributed by atoms with van der Waals surface area (Å²) in [7, 11) is 1.37. The first-order valence-corrected chi connectivity index (χ1v) is 5.73. The van der Waals surface area contributed by atoms with Crippen LogP contribution in [-0.4, -0.2) is 56.4 Å². The lowest BCUT2D eigenvalue weighted by Crippen LogP contribution is -2.46. The Labute approximate surface area is 96.9 Å². The third-order valence-electron chi connectivity index (χ3n) is 2.93. The molecule has 0 amide bonds. The summed E-state index contributed by atoms with van der Waals surface area (Å²) in [6, 6.07) is 0. The van der Waals surface area contributed by atoms with E-state index in [1.807, 2.05) is 0 Å². The van der Waals surface area contributed by atoms with Gasteiger partial charge in [0.1, 0.15) is 5.54 Å². The highest BCUT2D eigenvalue weighted by Crippen LogP contribution is 2.11. The normalized spacial score (nSPS) is 21.4. The predicted octanol–water partition coefficient (Wildman–Crippen LogP) is -0.0108. The van der Waals surface area contributed by atoms with Crippen LogP contribution in [0.3, 0.4) is 0 Å². The molecule has 1 fully saturated rings. The van der Waals surface area contributed by atoms with Crippen molar-refractivity contribution in [1.82, 2.24) is 4.90 Å². The Balaban J connectivity index is 2.20. The van der Waals surface area contributed by atoms with Gasteiger partial charge in [-0.2, -0.15) is 0 Å². The molecule has 5 nitrogen and oxygen atoms in total. The molecule has 0 aliphatic carbocycles. The molecule has 0 radical (unpaired) electrons. The van der Waals surface area contributed by atoms with Crippen LogP contribution in [0.5, 0.6) is 0 Å². The van der Waals surface area contributed by atoms with Crippen molar-refractivity contribution in [1.29, 1.82) is 0 Å². The van der Waals surface area contributed by atoms with Gasteiger partial charge in [0.15, 0.2) is 0 Å². The van der Waals surface area contributed by atoms with Gasteiger partial charge in [0.25, 0.3) is 0 Å². The van der Waals surface area contributed by atoms with Gasteiger partial charge in [0, 0.05) is 13.1 Å². The molecular weight excluding hydrogens is 208 g/mol. The summed E-state index contributed by atoms with van der Waals surface area (Å²) in [5.74, 6) is -0.338. The molecule has 94 valence electrons. The summed E-state index contributed by atoms with van der Waals surface area (Å²) < 4.78 is 9.92. The summed E-state index contributed by atoms with van der Waals surface area (Å²) >= 11 is 0. The standard InChI is InChI=1S/C11H22N2O3/c1-11(12,10(14)15-2)4-3-5-13-6-8-16-9-7-13/h3-9,12H2,1-2H3. The number of esters is 1. The van der Waals surface area contributed by atoms with Crippen LogP contribution in [0.4, 0.5) is 0 Å². The van der Waals surface area contributed by atoms with E-state index in [2.05, 4.69) is 9.64 Å². The molecule has 1 saturated heterocycles. The molecule has 0 bridgehead atoms. The largest absolute Gasteiger partial charge is 0.468 e. The Kier molecular flexibility index (Phi) is 5.18. The molecule has 0 aromatic carbocycles. The molecular formula is C11H22N2O3. The van der Waals surface area contributed by atoms with E-state index in [0.29, 0.717) is 6.42 Å². The first-order chi connectivity index (χ1) is 7.56. The molecule has 0 saturated carbocycles. The molecule has 5 heteroatoms. The van der Waals surface area contributed by atoms with Crippen LogP contribution in [0, 0.1) is 0 Å². The van der Waals surface area contributed by atoms with Gasteiger partial charge in [-0.1, -0.05) is 0 Å². The van der Waals surface area contributed by atoms with Gasteiger partial charge in [-0.25, -0.2) is 0 Å². The van der Waals surface area contributed by atoms with Gasteiger partial charge < -0.3 is 15.2 Å². The van der Waals surface area contributed by atoms with E-state index in [1.54, 1.807) is 6.92 Å². The van der Waals surface area contributed by atoms with Crippen molar-refractivity contribution in [2.75, 3.05) is 40.0 Å². The second-order valence-electron chi connectivity index (χ2n) is 4.47. The zero-order chi connectivity index (χ0) is 12.0. The van der Waals surface area contributed by atoms with Crippen molar-refractivity contribution >= 4 is 5.97 Å². The van der Waals surface area contributed by atoms with E-state index >= 15 is 0 Å². The Morgan fingerprint density at radius 1 is 1.50 bits per heavy atom. The fourth-order valence-corrected chi connectivity index (χ4v) is 1.83. The minimum absolute atomic E-state index is 0.338. The number of carbonyl (C=O) groups excluding carboxylic acids is 1. The average Bonchev–Trinajstić information content (AvgIpc) is 2.29. The Morgan fingerprint density at radius 3 is 2.69 bits per heavy atom. The third kappa shape index (κ3) is 4.08. The van der Waals surface area contributed by atoms with E-state index in [9.17, 15) is 4.79 Å². The number of methoxy groups -OCH3 is 1. The summed E-state index contributed by atoms with van der Waals surface area (Å²) in [6.07, 6.45) is 1.55. The lowest BCUT2D eigenvalue weighted by atomic mass is 9.97. The Hall–Kier alpha value is -0.650. The molecule has 16 heavy (non-hydrogen) atoms. The van der Waals surface area contributed by atoms with E-state index in [-0.39, 0.29) is 5.97 Å². The number of nitrogens with two attached hydrogens (primary N) is 1. The zero-order valence-electron chi connectivity index (χ0n) is 10.2. The summed E-state index contributed by atoms with van der Waals surface area (Å²) in [6.45, 7) is 6.23. The minimum Gasteiger partial charge on any atom is -0.468 e.